The van der Waals surface area contributed by atoms with Crippen molar-refractivity contribution in [3.8, 4) is 0 Å². The first-order valence-corrected chi connectivity index (χ1v) is 7.43. The molecular weight excluding hydrogens is 239 g/mol. The van der Waals surface area contributed by atoms with E-state index in [1.54, 1.807) is 12.1 Å². The van der Waals surface area contributed by atoms with E-state index in [1.807, 2.05) is 6.07 Å². The predicted molar refractivity (Wildman–Crippen MR) is 77.7 cm³/mol. The fraction of sp³-hybridized carbons (Fsp3) is 0.625. The number of halogens is 1. The molecule has 0 bridgehead atoms. The number of rotatable bonds is 6. The fourth-order valence-corrected chi connectivity index (χ4v) is 2.90. The Kier molecular flexibility index (Phi) is 5.34. The predicted octanol–water partition coefficient (Wildman–Crippen LogP) is 3.35. The summed E-state index contributed by atoms with van der Waals surface area (Å²) in [6.45, 7) is 7.65. The topological polar surface area (TPSA) is 15.3 Å². The van der Waals surface area contributed by atoms with Crippen LogP contribution >= 0.6 is 0 Å². The summed E-state index contributed by atoms with van der Waals surface area (Å²) in [5.74, 6) is -0.139. The van der Waals surface area contributed by atoms with Crippen LogP contribution in [-0.2, 0) is 0 Å². The molecule has 0 saturated carbocycles. The molecule has 1 fully saturated rings. The van der Waals surface area contributed by atoms with Gasteiger partial charge in [-0.3, -0.25) is 4.90 Å². The van der Waals surface area contributed by atoms with Crippen LogP contribution in [0.4, 0.5) is 4.39 Å². The van der Waals surface area contributed by atoms with Crippen molar-refractivity contribution in [1.29, 1.82) is 0 Å². The lowest BCUT2D eigenvalue weighted by molar-refractivity contribution is 0.192. The van der Waals surface area contributed by atoms with Crippen molar-refractivity contribution in [1.82, 2.24) is 10.2 Å². The molecule has 1 aromatic rings. The molecule has 3 heteroatoms. The zero-order valence-electron chi connectivity index (χ0n) is 12.0. The zero-order chi connectivity index (χ0) is 13.7. The van der Waals surface area contributed by atoms with Crippen molar-refractivity contribution < 1.29 is 4.39 Å². The van der Waals surface area contributed by atoms with Crippen molar-refractivity contribution in [3.05, 3.63) is 35.6 Å². The Bertz CT molecular complexity index is 388. The van der Waals surface area contributed by atoms with Crippen molar-refractivity contribution in [2.24, 2.45) is 0 Å². The Hall–Kier alpha value is -0.930. The molecule has 2 atom stereocenters. The van der Waals surface area contributed by atoms with Gasteiger partial charge in [0.05, 0.1) is 0 Å². The van der Waals surface area contributed by atoms with Crippen LogP contribution in [0.15, 0.2) is 24.3 Å². The van der Waals surface area contributed by atoms with Gasteiger partial charge in [0.2, 0.25) is 0 Å². The summed E-state index contributed by atoms with van der Waals surface area (Å²) in [5, 5.41) is 3.55. The first kappa shape index (κ1) is 14.5. The van der Waals surface area contributed by atoms with Gasteiger partial charge in [-0.15, -0.1) is 0 Å². The van der Waals surface area contributed by atoms with E-state index in [-0.39, 0.29) is 11.9 Å². The Morgan fingerprint density at radius 3 is 2.95 bits per heavy atom. The number of benzene rings is 1. The molecule has 19 heavy (non-hydrogen) atoms. The van der Waals surface area contributed by atoms with Gasteiger partial charge in [0.1, 0.15) is 5.82 Å². The molecule has 106 valence electrons. The highest BCUT2D eigenvalue weighted by atomic mass is 19.1. The van der Waals surface area contributed by atoms with Crippen LogP contribution in [-0.4, -0.2) is 30.6 Å². The van der Waals surface area contributed by atoms with E-state index in [0.717, 1.165) is 31.6 Å². The summed E-state index contributed by atoms with van der Waals surface area (Å²) >= 11 is 0. The first-order chi connectivity index (χ1) is 9.20. The fourth-order valence-electron chi connectivity index (χ4n) is 2.90. The average molecular weight is 264 g/mol. The van der Waals surface area contributed by atoms with E-state index in [2.05, 4.69) is 24.1 Å². The SMILES string of the molecule is CCCN(CC1CCCN1)C(C)c1cccc(F)c1. The monoisotopic (exact) mass is 264 g/mol. The Morgan fingerprint density at radius 2 is 2.32 bits per heavy atom. The highest BCUT2D eigenvalue weighted by Gasteiger charge is 2.21. The van der Waals surface area contributed by atoms with E-state index < -0.39 is 0 Å². The lowest BCUT2D eigenvalue weighted by Gasteiger charge is -2.31. The van der Waals surface area contributed by atoms with Gasteiger partial charge in [0.15, 0.2) is 0 Å². The molecule has 2 unspecified atom stereocenters. The van der Waals surface area contributed by atoms with E-state index in [9.17, 15) is 4.39 Å². The minimum Gasteiger partial charge on any atom is -0.313 e. The van der Waals surface area contributed by atoms with Crippen molar-refractivity contribution in [2.45, 2.75) is 45.2 Å². The first-order valence-electron chi connectivity index (χ1n) is 7.43. The zero-order valence-corrected chi connectivity index (χ0v) is 12.0. The van der Waals surface area contributed by atoms with Crippen LogP contribution in [0.2, 0.25) is 0 Å². The normalized spacial score (nSPS) is 20.9. The maximum absolute atomic E-state index is 13.4. The molecule has 1 aromatic carbocycles. The second-order valence-electron chi connectivity index (χ2n) is 5.52. The molecule has 1 aliphatic rings. The summed E-state index contributed by atoms with van der Waals surface area (Å²) in [5.41, 5.74) is 1.08. The van der Waals surface area contributed by atoms with E-state index in [1.165, 1.54) is 18.9 Å². The highest BCUT2D eigenvalue weighted by Crippen LogP contribution is 2.22. The van der Waals surface area contributed by atoms with E-state index >= 15 is 0 Å². The van der Waals surface area contributed by atoms with Crippen molar-refractivity contribution in [2.75, 3.05) is 19.6 Å². The van der Waals surface area contributed by atoms with E-state index in [0.29, 0.717) is 6.04 Å². The molecule has 0 spiro atoms. The minimum atomic E-state index is -0.139. The van der Waals surface area contributed by atoms with Gasteiger partial charge < -0.3 is 5.32 Å². The molecular formula is C16H25FN2. The summed E-state index contributed by atoms with van der Waals surface area (Å²) in [6.07, 6.45) is 3.67. The number of hydrogen-bond donors (Lipinski definition) is 1. The van der Waals surface area contributed by atoms with Crippen LogP contribution in [0, 0.1) is 5.82 Å². The van der Waals surface area contributed by atoms with Crippen LogP contribution in [0.3, 0.4) is 0 Å². The van der Waals surface area contributed by atoms with Gasteiger partial charge in [-0.1, -0.05) is 19.1 Å². The van der Waals surface area contributed by atoms with E-state index in [4.69, 9.17) is 0 Å². The van der Waals surface area contributed by atoms with Gasteiger partial charge in [-0.2, -0.15) is 0 Å². The van der Waals surface area contributed by atoms with Gasteiger partial charge in [-0.25, -0.2) is 4.39 Å². The second kappa shape index (κ2) is 7.01. The smallest absolute Gasteiger partial charge is 0.123 e. The molecule has 1 heterocycles. The molecule has 1 aliphatic heterocycles. The molecule has 0 amide bonds. The van der Waals surface area contributed by atoms with Crippen molar-refractivity contribution >= 4 is 0 Å². The van der Waals surface area contributed by atoms with Gasteiger partial charge in [0, 0.05) is 18.6 Å². The molecule has 1 saturated heterocycles. The largest absolute Gasteiger partial charge is 0.313 e. The number of nitrogens with one attached hydrogen (secondary N) is 1. The lowest BCUT2D eigenvalue weighted by Crippen LogP contribution is -2.39. The second-order valence-corrected chi connectivity index (χ2v) is 5.52. The lowest BCUT2D eigenvalue weighted by atomic mass is 10.1. The number of nitrogens with zero attached hydrogens (tertiary/aromatic N) is 1. The van der Waals surface area contributed by atoms with Gasteiger partial charge in [0.25, 0.3) is 0 Å². The van der Waals surface area contributed by atoms with Crippen LogP contribution < -0.4 is 5.32 Å². The Morgan fingerprint density at radius 1 is 1.47 bits per heavy atom. The Balaban J connectivity index is 2.04. The summed E-state index contributed by atoms with van der Waals surface area (Å²) in [7, 11) is 0. The van der Waals surface area contributed by atoms with Gasteiger partial charge >= 0.3 is 0 Å². The third kappa shape index (κ3) is 4.02. The van der Waals surface area contributed by atoms with Crippen LogP contribution in [0.5, 0.6) is 0 Å². The van der Waals surface area contributed by atoms with Gasteiger partial charge in [-0.05, 0) is 57.0 Å². The standard InChI is InChI=1S/C16H25FN2/c1-3-10-19(12-16-8-5-9-18-16)13(2)14-6-4-7-15(17)11-14/h4,6-7,11,13,16,18H,3,5,8-10,12H2,1-2H3. The summed E-state index contributed by atoms with van der Waals surface area (Å²) < 4.78 is 13.4. The Labute approximate surface area is 116 Å². The molecule has 0 aliphatic carbocycles. The minimum absolute atomic E-state index is 0.139. The quantitative estimate of drug-likeness (QED) is 0.847. The van der Waals surface area contributed by atoms with Crippen LogP contribution in [0.1, 0.15) is 44.7 Å². The summed E-state index contributed by atoms with van der Waals surface area (Å²) in [4.78, 5) is 2.47. The summed E-state index contributed by atoms with van der Waals surface area (Å²) in [6, 6.07) is 7.88. The molecule has 0 radical (unpaired) electrons. The number of hydrogen-bond acceptors (Lipinski definition) is 2. The molecule has 2 rings (SSSR count). The maximum atomic E-state index is 13.4. The third-order valence-electron chi connectivity index (χ3n) is 4.01. The van der Waals surface area contributed by atoms with Crippen molar-refractivity contribution in [3.63, 3.8) is 0 Å². The molecule has 0 aromatic heterocycles. The molecule has 1 N–H and O–H groups in total. The molecule has 2 nitrogen and oxygen atoms in total. The van der Waals surface area contributed by atoms with Crippen LogP contribution in [0.25, 0.3) is 0 Å². The third-order valence-corrected chi connectivity index (χ3v) is 4.01. The maximum Gasteiger partial charge on any atom is 0.123 e. The average Bonchev–Trinajstić information content (AvgIpc) is 2.90. The highest BCUT2D eigenvalue weighted by molar-refractivity contribution is 5.19.